The summed E-state index contributed by atoms with van der Waals surface area (Å²) < 4.78 is 0. The van der Waals surface area contributed by atoms with E-state index in [1.807, 2.05) is 36.4 Å². The molecule has 0 aliphatic carbocycles. The lowest BCUT2D eigenvalue weighted by Crippen LogP contribution is -1.73. The Hall–Kier alpha value is -2.03. The molecule has 92 valence electrons. The molecule has 0 N–H and O–H groups in total. The van der Waals surface area contributed by atoms with Crippen molar-refractivity contribution in [2.24, 2.45) is 9.98 Å². The van der Waals surface area contributed by atoms with Crippen LogP contribution >= 0.6 is 24.0 Å². The summed E-state index contributed by atoms with van der Waals surface area (Å²) in [5.74, 6) is 0. The first-order valence-corrected chi connectivity index (χ1v) is 6.58. The lowest BCUT2D eigenvalue weighted by atomic mass is 10.3. The molecule has 0 heterocycles. The molecule has 0 unspecified atom stereocenters. The first-order valence-electron chi connectivity index (χ1n) is 5.35. The maximum Gasteiger partial charge on any atom is 0.240 e. The van der Waals surface area contributed by atoms with E-state index in [2.05, 4.69) is 27.4 Å². The molecule has 19 heavy (non-hydrogen) atoms. The van der Waals surface area contributed by atoms with E-state index in [0.717, 1.165) is 15.5 Å². The van der Waals surface area contributed by atoms with E-state index in [4.69, 9.17) is 0 Å². The number of benzene rings is 2. The van der Waals surface area contributed by atoms with Crippen LogP contribution in [0.15, 0.2) is 68.3 Å². The summed E-state index contributed by atoms with van der Waals surface area (Å²) in [4.78, 5) is 19.7. The van der Waals surface area contributed by atoms with Gasteiger partial charge in [0.15, 0.2) is 0 Å². The molecule has 0 spiro atoms. The predicted molar refractivity (Wildman–Crippen MR) is 79.5 cm³/mol. The second kappa shape index (κ2) is 6.78. The molecule has 3 nitrogen and oxygen atoms in total. The van der Waals surface area contributed by atoms with Crippen molar-refractivity contribution in [1.29, 1.82) is 0 Å². The molecular weight excluding hydrogens is 276 g/mol. The molecule has 0 fully saturated rings. The highest BCUT2D eigenvalue weighted by Gasteiger charge is 1.98. The molecule has 0 amide bonds. The Balaban J connectivity index is 2.11. The number of isothiocyanates is 1. The fraction of sp³-hybridized carbons (Fsp3) is 0. The molecular formula is C14H8N2OS2. The van der Waals surface area contributed by atoms with Crippen molar-refractivity contribution in [3.8, 4) is 0 Å². The lowest BCUT2D eigenvalue weighted by molar-refractivity contribution is 0.565. The fourth-order valence-corrected chi connectivity index (χ4v) is 2.34. The van der Waals surface area contributed by atoms with E-state index < -0.39 is 0 Å². The highest BCUT2D eigenvalue weighted by Crippen LogP contribution is 2.30. The highest BCUT2D eigenvalue weighted by molar-refractivity contribution is 7.99. The van der Waals surface area contributed by atoms with Crippen molar-refractivity contribution in [3.63, 3.8) is 0 Å². The third kappa shape index (κ3) is 3.98. The summed E-state index contributed by atoms with van der Waals surface area (Å²) in [5, 5.41) is 2.33. The third-order valence-electron chi connectivity index (χ3n) is 2.26. The zero-order chi connectivity index (χ0) is 13.5. The average molecular weight is 284 g/mol. The van der Waals surface area contributed by atoms with Crippen LogP contribution in [0, 0.1) is 0 Å². The molecule has 0 aliphatic rings. The summed E-state index contributed by atoms with van der Waals surface area (Å²) in [6.45, 7) is 0. The van der Waals surface area contributed by atoms with E-state index in [0.29, 0.717) is 5.69 Å². The maximum absolute atomic E-state index is 10.1. The monoisotopic (exact) mass is 284 g/mol. The molecule has 0 aromatic heterocycles. The summed E-state index contributed by atoms with van der Waals surface area (Å²) in [6, 6.07) is 15.1. The minimum Gasteiger partial charge on any atom is -0.211 e. The van der Waals surface area contributed by atoms with Gasteiger partial charge in [0.05, 0.1) is 16.5 Å². The van der Waals surface area contributed by atoms with E-state index in [9.17, 15) is 4.79 Å². The molecule has 0 bridgehead atoms. The van der Waals surface area contributed by atoms with Gasteiger partial charge >= 0.3 is 0 Å². The van der Waals surface area contributed by atoms with Crippen LogP contribution in [0.5, 0.6) is 0 Å². The SMILES string of the molecule is O=C=Nc1ccc(Sc2ccc(N=C=S)cc2)cc1. The second-order valence-corrected chi connectivity index (χ2v) is 4.83. The summed E-state index contributed by atoms with van der Waals surface area (Å²) in [6.07, 6.45) is 1.51. The topological polar surface area (TPSA) is 41.8 Å². The molecule has 2 aromatic carbocycles. The molecule has 0 aliphatic heterocycles. The summed E-state index contributed by atoms with van der Waals surface area (Å²) >= 11 is 6.16. The van der Waals surface area contributed by atoms with Crippen LogP contribution in [-0.2, 0) is 4.79 Å². The first kappa shape index (κ1) is 13.4. The number of isocyanates is 1. The van der Waals surface area contributed by atoms with E-state index in [1.54, 1.807) is 23.9 Å². The van der Waals surface area contributed by atoms with Crippen LogP contribution in [0.4, 0.5) is 11.4 Å². The van der Waals surface area contributed by atoms with E-state index in [-0.39, 0.29) is 0 Å². The smallest absolute Gasteiger partial charge is 0.211 e. The molecule has 5 heteroatoms. The van der Waals surface area contributed by atoms with E-state index >= 15 is 0 Å². The Morgan fingerprint density at radius 1 is 0.842 bits per heavy atom. The Morgan fingerprint density at radius 2 is 1.32 bits per heavy atom. The summed E-state index contributed by atoms with van der Waals surface area (Å²) in [7, 11) is 0. The third-order valence-corrected chi connectivity index (χ3v) is 3.37. The number of rotatable bonds is 4. The van der Waals surface area contributed by atoms with Gasteiger partial charge in [-0.25, -0.2) is 4.79 Å². The maximum atomic E-state index is 10.1. The van der Waals surface area contributed by atoms with Gasteiger partial charge in [-0.15, -0.1) is 0 Å². The number of aliphatic imine (C=N–C) groups is 2. The second-order valence-electron chi connectivity index (χ2n) is 3.50. The minimum absolute atomic E-state index is 0.602. The molecule has 2 rings (SSSR count). The zero-order valence-corrected chi connectivity index (χ0v) is 11.4. The Bertz CT molecular complexity index is 593. The van der Waals surface area contributed by atoms with Crippen LogP contribution in [0.1, 0.15) is 0 Å². The van der Waals surface area contributed by atoms with Crippen molar-refractivity contribution in [2.75, 3.05) is 0 Å². The van der Waals surface area contributed by atoms with Gasteiger partial charge in [0.25, 0.3) is 0 Å². The van der Waals surface area contributed by atoms with Gasteiger partial charge in [0.2, 0.25) is 6.08 Å². The molecule has 0 saturated carbocycles. The number of hydrogen-bond acceptors (Lipinski definition) is 5. The van der Waals surface area contributed by atoms with Crippen molar-refractivity contribution >= 4 is 46.6 Å². The van der Waals surface area contributed by atoms with Crippen LogP contribution in [0.25, 0.3) is 0 Å². The van der Waals surface area contributed by atoms with Crippen LogP contribution in [0.2, 0.25) is 0 Å². The summed E-state index contributed by atoms with van der Waals surface area (Å²) in [5.41, 5.74) is 1.39. The van der Waals surface area contributed by atoms with Crippen LogP contribution in [-0.4, -0.2) is 11.2 Å². The quantitative estimate of drug-likeness (QED) is 0.470. The van der Waals surface area contributed by atoms with Crippen molar-refractivity contribution in [3.05, 3.63) is 48.5 Å². The Kier molecular flexibility index (Phi) is 4.78. The Labute approximate surface area is 120 Å². The molecule has 0 radical (unpaired) electrons. The number of nitrogens with zero attached hydrogens (tertiary/aromatic N) is 2. The number of carbonyl (C=O) groups excluding carboxylic acids is 1. The molecule has 2 aromatic rings. The normalized spacial score (nSPS) is 9.26. The van der Waals surface area contributed by atoms with Crippen LogP contribution in [0.3, 0.4) is 0 Å². The first-order chi connectivity index (χ1) is 9.31. The predicted octanol–water partition coefficient (Wildman–Crippen LogP) is 4.54. The van der Waals surface area contributed by atoms with Gasteiger partial charge in [0.1, 0.15) is 0 Å². The van der Waals surface area contributed by atoms with Gasteiger partial charge < -0.3 is 0 Å². The fourth-order valence-electron chi connectivity index (χ4n) is 1.42. The van der Waals surface area contributed by atoms with Crippen molar-refractivity contribution in [2.45, 2.75) is 9.79 Å². The van der Waals surface area contributed by atoms with E-state index in [1.165, 1.54) is 6.08 Å². The largest absolute Gasteiger partial charge is 0.240 e. The van der Waals surface area contributed by atoms with Crippen molar-refractivity contribution < 1.29 is 4.79 Å². The van der Waals surface area contributed by atoms with Gasteiger partial charge in [-0.3, -0.25) is 0 Å². The number of hydrogen-bond donors (Lipinski definition) is 0. The minimum atomic E-state index is 0.602. The average Bonchev–Trinajstić information content (AvgIpc) is 2.44. The van der Waals surface area contributed by atoms with Gasteiger partial charge in [0, 0.05) is 9.79 Å². The zero-order valence-electron chi connectivity index (χ0n) is 9.74. The number of thiocarbonyl (C=S) groups is 1. The lowest BCUT2D eigenvalue weighted by Gasteiger charge is -2.02. The molecule has 0 atom stereocenters. The van der Waals surface area contributed by atoms with Gasteiger partial charge in [-0.2, -0.15) is 9.98 Å². The standard InChI is InChI=1S/C14H8N2OS2/c17-9-15-11-1-5-13(6-2-11)19-14-7-3-12(4-8-14)16-10-18/h1-8H. The molecule has 0 saturated heterocycles. The Morgan fingerprint density at radius 3 is 1.74 bits per heavy atom. The van der Waals surface area contributed by atoms with Crippen molar-refractivity contribution in [1.82, 2.24) is 0 Å². The van der Waals surface area contributed by atoms with Crippen LogP contribution < -0.4 is 0 Å². The highest BCUT2D eigenvalue weighted by atomic mass is 32.2. The van der Waals surface area contributed by atoms with Gasteiger partial charge in [-0.05, 0) is 60.7 Å². The van der Waals surface area contributed by atoms with Gasteiger partial charge in [-0.1, -0.05) is 11.8 Å².